The van der Waals surface area contributed by atoms with E-state index in [1.165, 1.54) is 0 Å². The van der Waals surface area contributed by atoms with Crippen molar-refractivity contribution in [2.75, 3.05) is 24.6 Å². The molecule has 7 heteroatoms. The van der Waals surface area contributed by atoms with Crippen LogP contribution in [0.2, 0.25) is 0 Å². The quantitative estimate of drug-likeness (QED) is 0.431. The van der Waals surface area contributed by atoms with Crippen LogP contribution in [0, 0.1) is 0 Å². The standard InChI is InChI=1S/C5H11BF3OS.K/c1-2-11-4-3-10-5-6(7,8)9;/h2-5H2,1H3;/q-1;+1. The minimum atomic E-state index is -4.75. The summed E-state index contributed by atoms with van der Waals surface area (Å²) in [6.07, 6.45) is 0. The van der Waals surface area contributed by atoms with Crippen LogP contribution in [0.5, 0.6) is 0 Å². The summed E-state index contributed by atoms with van der Waals surface area (Å²) in [6, 6.07) is 0. The minimum absolute atomic E-state index is 0. The van der Waals surface area contributed by atoms with Gasteiger partial charge in [0.05, 0.1) is 6.61 Å². The van der Waals surface area contributed by atoms with Crippen molar-refractivity contribution in [2.45, 2.75) is 6.92 Å². The molecule has 0 aliphatic heterocycles. The molecule has 0 atom stereocenters. The predicted octanol–water partition coefficient (Wildman–Crippen LogP) is -0.853. The first kappa shape index (κ1) is 16.2. The summed E-state index contributed by atoms with van der Waals surface area (Å²) in [6.45, 7) is -3.67. The summed E-state index contributed by atoms with van der Waals surface area (Å²) >= 11 is 1.57. The molecule has 1 nitrogen and oxygen atoms in total. The van der Waals surface area contributed by atoms with Gasteiger partial charge in [-0.05, 0) is 5.75 Å². The zero-order valence-corrected chi connectivity index (χ0v) is 11.3. The molecule has 0 aromatic rings. The van der Waals surface area contributed by atoms with Crippen molar-refractivity contribution in [2.24, 2.45) is 0 Å². The Balaban J connectivity index is 0. The van der Waals surface area contributed by atoms with Crippen molar-refractivity contribution < 1.29 is 69.1 Å². The molecule has 0 aliphatic carbocycles. The summed E-state index contributed by atoms with van der Waals surface area (Å²) in [4.78, 5) is 0. The Morgan fingerprint density at radius 1 is 1.33 bits per heavy atom. The predicted molar refractivity (Wildman–Crippen MR) is 42.9 cm³/mol. The third kappa shape index (κ3) is 14.3. The van der Waals surface area contributed by atoms with Crippen LogP contribution >= 0.6 is 11.8 Å². The molecule has 0 bridgehead atoms. The molecule has 0 aromatic heterocycles. The molecule has 0 heterocycles. The molecule has 0 amide bonds. The largest absolute Gasteiger partial charge is 1.00 e. The minimum Gasteiger partial charge on any atom is -0.447 e. The smallest absolute Gasteiger partial charge is 0.447 e. The van der Waals surface area contributed by atoms with E-state index in [4.69, 9.17) is 0 Å². The molecule has 0 saturated carbocycles. The molecule has 68 valence electrons. The van der Waals surface area contributed by atoms with E-state index in [0.717, 1.165) is 5.75 Å². The average Bonchev–Trinajstić information content (AvgIpc) is 1.85. The zero-order valence-electron chi connectivity index (χ0n) is 7.36. The number of rotatable bonds is 6. The topological polar surface area (TPSA) is 9.23 Å². The van der Waals surface area contributed by atoms with Crippen molar-refractivity contribution in [3.8, 4) is 0 Å². The van der Waals surface area contributed by atoms with Crippen molar-refractivity contribution in [1.29, 1.82) is 0 Å². The van der Waals surface area contributed by atoms with E-state index in [-0.39, 0.29) is 58.0 Å². The number of hydrogen-bond donors (Lipinski definition) is 0. The SMILES string of the molecule is CCSCCOC[B-](F)(F)F.[K+]. The van der Waals surface area contributed by atoms with Crippen LogP contribution in [0.15, 0.2) is 0 Å². The van der Waals surface area contributed by atoms with Crippen LogP contribution < -0.4 is 51.4 Å². The Labute approximate surface area is 118 Å². The maximum Gasteiger partial charge on any atom is 1.00 e. The molecule has 12 heavy (non-hydrogen) atoms. The first-order valence-corrected chi connectivity index (χ1v) is 4.58. The van der Waals surface area contributed by atoms with E-state index < -0.39 is 13.5 Å². The van der Waals surface area contributed by atoms with Gasteiger partial charge in [-0.2, -0.15) is 11.8 Å². The van der Waals surface area contributed by atoms with E-state index >= 15 is 0 Å². The van der Waals surface area contributed by atoms with Gasteiger partial charge >= 0.3 is 58.4 Å². The van der Waals surface area contributed by atoms with Gasteiger partial charge in [0, 0.05) is 12.3 Å². The van der Waals surface area contributed by atoms with E-state index in [0.29, 0.717) is 5.75 Å². The van der Waals surface area contributed by atoms with Gasteiger partial charge in [0.15, 0.2) is 0 Å². The maximum absolute atomic E-state index is 11.5. The summed E-state index contributed by atoms with van der Waals surface area (Å²) < 4.78 is 38.9. The summed E-state index contributed by atoms with van der Waals surface area (Å²) in [7, 11) is 0. The van der Waals surface area contributed by atoms with E-state index in [1.807, 2.05) is 6.92 Å². The van der Waals surface area contributed by atoms with Crippen molar-refractivity contribution in [3.05, 3.63) is 0 Å². The van der Waals surface area contributed by atoms with Crippen LogP contribution in [-0.2, 0) is 4.74 Å². The van der Waals surface area contributed by atoms with Gasteiger partial charge in [-0.25, -0.2) is 0 Å². The van der Waals surface area contributed by atoms with Crippen molar-refractivity contribution in [1.82, 2.24) is 0 Å². The Morgan fingerprint density at radius 2 is 1.92 bits per heavy atom. The first-order valence-electron chi connectivity index (χ1n) is 3.42. The fourth-order valence-corrected chi connectivity index (χ4v) is 1.00. The van der Waals surface area contributed by atoms with Crippen LogP contribution in [-0.4, -0.2) is 31.6 Å². The third-order valence-corrected chi connectivity index (χ3v) is 1.75. The van der Waals surface area contributed by atoms with Gasteiger partial charge in [0.25, 0.3) is 0 Å². The van der Waals surface area contributed by atoms with Gasteiger partial charge in [-0.15, -0.1) is 0 Å². The Morgan fingerprint density at radius 3 is 2.33 bits per heavy atom. The number of halogens is 3. The molecule has 0 unspecified atom stereocenters. The molecule has 0 radical (unpaired) electrons. The number of ether oxygens (including phenoxy) is 1. The maximum atomic E-state index is 11.5. The molecular weight excluding hydrogens is 215 g/mol. The van der Waals surface area contributed by atoms with Gasteiger partial charge < -0.3 is 17.7 Å². The normalized spacial score (nSPS) is 11.0. The Hall–Kier alpha value is 1.80. The van der Waals surface area contributed by atoms with E-state index in [9.17, 15) is 12.9 Å². The number of hydrogen-bond acceptors (Lipinski definition) is 2. The van der Waals surface area contributed by atoms with Crippen molar-refractivity contribution >= 4 is 18.7 Å². The van der Waals surface area contributed by atoms with Crippen LogP contribution in [0.25, 0.3) is 0 Å². The Kier molecular flexibility index (Phi) is 12.7. The fraction of sp³-hybridized carbons (Fsp3) is 1.00. The average molecular weight is 226 g/mol. The molecular formula is C5H11BF3KOS. The molecule has 0 N–H and O–H groups in total. The molecule has 0 fully saturated rings. The van der Waals surface area contributed by atoms with Crippen molar-refractivity contribution in [3.63, 3.8) is 0 Å². The second-order valence-corrected chi connectivity index (χ2v) is 3.38. The van der Waals surface area contributed by atoms with E-state index in [1.54, 1.807) is 11.8 Å². The van der Waals surface area contributed by atoms with Crippen LogP contribution in [0.1, 0.15) is 6.92 Å². The first-order chi connectivity index (χ1) is 5.06. The molecule has 0 spiro atoms. The van der Waals surface area contributed by atoms with Crippen LogP contribution in [0.4, 0.5) is 12.9 Å². The second kappa shape index (κ2) is 9.36. The molecule has 0 aromatic carbocycles. The molecule has 0 saturated heterocycles. The Bertz CT molecular complexity index is 103. The molecule has 0 aliphatic rings. The molecule has 0 rings (SSSR count). The van der Waals surface area contributed by atoms with Gasteiger partial charge in [0.2, 0.25) is 0 Å². The second-order valence-electron chi connectivity index (χ2n) is 1.98. The third-order valence-electron chi connectivity index (χ3n) is 0.883. The van der Waals surface area contributed by atoms with Gasteiger partial charge in [-0.1, -0.05) is 6.92 Å². The van der Waals surface area contributed by atoms with Gasteiger partial charge in [0.1, 0.15) is 0 Å². The number of thioether (sulfide) groups is 1. The summed E-state index contributed by atoms with van der Waals surface area (Å²) in [5.74, 6) is 1.56. The summed E-state index contributed by atoms with van der Waals surface area (Å²) in [5.41, 5.74) is 0. The zero-order chi connectivity index (χ0) is 8.74. The summed E-state index contributed by atoms with van der Waals surface area (Å²) in [5, 5.41) is 0. The fourth-order valence-electron chi connectivity index (χ4n) is 0.479. The van der Waals surface area contributed by atoms with E-state index in [2.05, 4.69) is 4.74 Å². The monoisotopic (exact) mass is 226 g/mol. The van der Waals surface area contributed by atoms with Gasteiger partial charge in [-0.3, -0.25) is 0 Å². The van der Waals surface area contributed by atoms with Crippen LogP contribution in [0.3, 0.4) is 0 Å².